The van der Waals surface area contributed by atoms with Crippen LogP contribution in [0.4, 0.5) is 35.5 Å². The van der Waals surface area contributed by atoms with E-state index in [1.54, 1.807) is 6.92 Å². The maximum absolute atomic E-state index is 13.6. The van der Waals surface area contributed by atoms with Gasteiger partial charge in [-0.2, -0.15) is 26.3 Å². The predicted octanol–water partition coefficient (Wildman–Crippen LogP) is 5.92. The highest BCUT2D eigenvalue weighted by molar-refractivity contribution is 5.75. The SMILES string of the molecule is Cc1cc(F)ccc1[C@H]1C[C@H](O)CCN1C(=O)N(C)Cc1cc(C(F)(F)F)cc(C(F)(F)F)c1. The Morgan fingerprint density at radius 1 is 1.06 bits per heavy atom. The zero-order chi connectivity index (χ0) is 25.4. The van der Waals surface area contributed by atoms with E-state index in [-0.39, 0.29) is 31.0 Å². The molecule has 0 unspecified atom stereocenters. The van der Waals surface area contributed by atoms with Gasteiger partial charge in [-0.05, 0) is 66.8 Å². The molecule has 1 aliphatic rings. The minimum absolute atomic E-state index is 0.0324. The summed E-state index contributed by atoms with van der Waals surface area (Å²) in [6.45, 7) is 1.26. The summed E-state index contributed by atoms with van der Waals surface area (Å²) in [7, 11) is 1.27. The Kier molecular flexibility index (Phi) is 7.16. The van der Waals surface area contributed by atoms with E-state index in [0.717, 1.165) is 4.90 Å². The van der Waals surface area contributed by atoms with Gasteiger partial charge < -0.3 is 14.9 Å². The molecule has 0 radical (unpaired) electrons. The minimum atomic E-state index is -4.99. The molecule has 1 N–H and O–H groups in total. The number of aliphatic hydroxyl groups excluding tert-OH is 1. The summed E-state index contributed by atoms with van der Waals surface area (Å²) in [5.41, 5.74) is -2.10. The summed E-state index contributed by atoms with van der Waals surface area (Å²) in [6, 6.07) is 3.93. The number of benzene rings is 2. The summed E-state index contributed by atoms with van der Waals surface area (Å²) in [5.74, 6) is -0.474. The van der Waals surface area contributed by atoms with Crippen molar-refractivity contribution in [2.45, 2.75) is 50.8 Å². The second-order valence-electron chi connectivity index (χ2n) is 8.44. The van der Waals surface area contributed by atoms with Gasteiger partial charge >= 0.3 is 18.4 Å². The van der Waals surface area contributed by atoms with E-state index in [1.807, 2.05) is 0 Å². The van der Waals surface area contributed by atoms with Crippen LogP contribution in [0, 0.1) is 12.7 Å². The molecule has 2 amide bonds. The smallest absolute Gasteiger partial charge is 0.393 e. The van der Waals surface area contributed by atoms with Gasteiger partial charge in [-0.1, -0.05) is 6.07 Å². The number of hydrogen-bond donors (Lipinski definition) is 1. The van der Waals surface area contributed by atoms with Gasteiger partial charge in [-0.15, -0.1) is 0 Å². The Morgan fingerprint density at radius 3 is 2.18 bits per heavy atom. The molecule has 0 aliphatic carbocycles. The molecule has 1 fully saturated rings. The molecule has 186 valence electrons. The lowest BCUT2D eigenvalue weighted by molar-refractivity contribution is -0.143. The van der Waals surface area contributed by atoms with Gasteiger partial charge in [0.1, 0.15) is 5.82 Å². The number of alkyl halides is 6. The molecule has 2 aromatic carbocycles. The van der Waals surface area contributed by atoms with Gasteiger partial charge in [0, 0.05) is 20.1 Å². The van der Waals surface area contributed by atoms with Crippen molar-refractivity contribution >= 4 is 6.03 Å². The first-order valence-electron chi connectivity index (χ1n) is 10.4. The van der Waals surface area contributed by atoms with Crippen LogP contribution in [0.25, 0.3) is 0 Å². The number of piperidine rings is 1. The largest absolute Gasteiger partial charge is 0.416 e. The summed E-state index contributed by atoms with van der Waals surface area (Å²) in [4.78, 5) is 15.6. The number of carbonyl (C=O) groups is 1. The Bertz CT molecular complexity index is 1020. The number of nitrogens with zero attached hydrogens (tertiary/aromatic N) is 2. The molecule has 0 aromatic heterocycles. The highest BCUT2D eigenvalue weighted by atomic mass is 19.4. The van der Waals surface area contributed by atoms with Crippen molar-refractivity contribution < 1.29 is 40.6 Å². The lowest BCUT2D eigenvalue weighted by atomic mass is 9.91. The third-order valence-corrected chi connectivity index (χ3v) is 5.81. The van der Waals surface area contributed by atoms with Crippen molar-refractivity contribution in [2.75, 3.05) is 13.6 Å². The van der Waals surface area contributed by atoms with Crippen LogP contribution in [0.5, 0.6) is 0 Å². The van der Waals surface area contributed by atoms with Gasteiger partial charge in [-0.3, -0.25) is 0 Å². The second-order valence-corrected chi connectivity index (χ2v) is 8.44. The molecule has 34 heavy (non-hydrogen) atoms. The summed E-state index contributed by atoms with van der Waals surface area (Å²) in [6.07, 6.45) is -10.3. The van der Waals surface area contributed by atoms with Crippen molar-refractivity contribution in [1.29, 1.82) is 0 Å². The molecule has 2 aromatic rings. The van der Waals surface area contributed by atoms with E-state index < -0.39 is 54.0 Å². The predicted molar refractivity (Wildman–Crippen MR) is 109 cm³/mol. The van der Waals surface area contributed by atoms with Gasteiger partial charge in [-0.25, -0.2) is 9.18 Å². The van der Waals surface area contributed by atoms with Crippen molar-refractivity contribution in [3.63, 3.8) is 0 Å². The summed E-state index contributed by atoms with van der Waals surface area (Å²) < 4.78 is 92.5. The first-order chi connectivity index (χ1) is 15.7. The van der Waals surface area contributed by atoms with Gasteiger partial charge in [0.05, 0.1) is 23.3 Å². The van der Waals surface area contributed by atoms with Crippen molar-refractivity contribution in [2.24, 2.45) is 0 Å². The van der Waals surface area contributed by atoms with E-state index in [9.17, 15) is 40.6 Å². The number of carbonyl (C=O) groups excluding carboxylic acids is 1. The first kappa shape index (κ1) is 25.8. The first-order valence-corrected chi connectivity index (χ1v) is 10.4. The van der Waals surface area contributed by atoms with E-state index in [4.69, 9.17) is 0 Å². The van der Waals surface area contributed by atoms with Crippen LogP contribution in [-0.2, 0) is 18.9 Å². The fourth-order valence-electron chi connectivity index (χ4n) is 4.15. The van der Waals surface area contributed by atoms with Crippen LogP contribution in [0.2, 0.25) is 0 Å². The van der Waals surface area contributed by atoms with Gasteiger partial charge in [0.2, 0.25) is 0 Å². The molecule has 2 atom stereocenters. The molecule has 0 spiro atoms. The number of amides is 2. The molecule has 11 heteroatoms. The standard InChI is InChI=1S/C23H23F7N2O2/c1-13-7-17(24)3-4-19(13)20-11-18(33)5-6-32(20)21(34)31(2)12-14-8-15(22(25,26)27)10-16(9-14)23(28,29)30/h3-4,7-10,18,20,33H,5-6,11-12H2,1-2H3/t18-,20-/m1/s1. The van der Waals surface area contributed by atoms with Gasteiger partial charge in [0.15, 0.2) is 0 Å². The topological polar surface area (TPSA) is 43.8 Å². The lowest BCUT2D eigenvalue weighted by Crippen LogP contribution is -2.47. The molecular formula is C23H23F7N2O2. The monoisotopic (exact) mass is 492 g/mol. The molecular weight excluding hydrogens is 469 g/mol. The quantitative estimate of drug-likeness (QED) is 0.541. The molecule has 0 saturated carbocycles. The number of aliphatic hydroxyl groups is 1. The van der Waals surface area contributed by atoms with Crippen molar-refractivity contribution in [1.82, 2.24) is 9.80 Å². The number of halogens is 7. The fourth-order valence-corrected chi connectivity index (χ4v) is 4.15. The third-order valence-electron chi connectivity index (χ3n) is 5.81. The number of likely N-dealkylation sites (tertiary alicyclic amines) is 1. The second kappa shape index (κ2) is 9.44. The highest BCUT2D eigenvalue weighted by Gasteiger charge is 2.38. The average Bonchev–Trinajstić information content (AvgIpc) is 2.71. The molecule has 0 bridgehead atoms. The maximum Gasteiger partial charge on any atom is 0.416 e. The maximum atomic E-state index is 13.6. The van der Waals surface area contributed by atoms with Crippen molar-refractivity contribution in [3.8, 4) is 0 Å². The van der Waals surface area contributed by atoms with Crippen LogP contribution in [0.15, 0.2) is 36.4 Å². The number of hydrogen-bond acceptors (Lipinski definition) is 2. The van der Waals surface area contributed by atoms with E-state index in [2.05, 4.69) is 0 Å². The van der Waals surface area contributed by atoms with Crippen LogP contribution in [0.1, 0.15) is 46.7 Å². The summed E-state index contributed by atoms with van der Waals surface area (Å²) >= 11 is 0. The normalized spacial score (nSPS) is 19.3. The molecule has 1 saturated heterocycles. The van der Waals surface area contributed by atoms with Crippen LogP contribution >= 0.6 is 0 Å². The summed E-state index contributed by atoms with van der Waals surface area (Å²) in [5, 5.41) is 10.1. The number of aryl methyl sites for hydroxylation is 1. The third kappa shape index (κ3) is 5.81. The molecule has 3 rings (SSSR count). The van der Waals surface area contributed by atoms with Gasteiger partial charge in [0.25, 0.3) is 0 Å². The highest BCUT2D eigenvalue weighted by Crippen LogP contribution is 2.37. The van der Waals surface area contributed by atoms with E-state index >= 15 is 0 Å². The van der Waals surface area contributed by atoms with E-state index in [1.165, 1.54) is 30.1 Å². The number of urea groups is 1. The fraction of sp³-hybridized carbons (Fsp3) is 0.435. The Labute approximate surface area is 191 Å². The zero-order valence-corrected chi connectivity index (χ0v) is 18.3. The zero-order valence-electron chi connectivity index (χ0n) is 18.3. The molecule has 1 heterocycles. The molecule has 4 nitrogen and oxygen atoms in total. The lowest BCUT2D eigenvalue weighted by Gasteiger charge is -2.40. The molecule has 1 aliphatic heterocycles. The van der Waals surface area contributed by atoms with Crippen LogP contribution < -0.4 is 0 Å². The minimum Gasteiger partial charge on any atom is -0.393 e. The average molecular weight is 492 g/mol. The Hall–Kier alpha value is -2.82. The van der Waals surface area contributed by atoms with Crippen molar-refractivity contribution in [3.05, 3.63) is 70.0 Å². The Balaban J connectivity index is 1.89. The van der Waals surface area contributed by atoms with Crippen LogP contribution in [-0.4, -0.2) is 40.6 Å². The van der Waals surface area contributed by atoms with E-state index in [0.29, 0.717) is 23.3 Å². The Morgan fingerprint density at radius 2 is 1.65 bits per heavy atom. The van der Waals surface area contributed by atoms with Crippen LogP contribution in [0.3, 0.4) is 0 Å². The number of rotatable bonds is 3.